The van der Waals surface area contributed by atoms with Gasteiger partial charge >= 0.3 is 0 Å². The standard InChI is InChI=1S/C29H24N8O/c1-18-14-27(36(2)35-18)34-20-8-6-19(7-9-20)28-24(16-30)23-11-10-22(15-26(23)37(28)21-4-3-5-21)38-29-25(17-31)32-12-13-33-29/h6-15,21,34H,3-5H2,1-2H3. The molecular formula is C29H24N8O. The number of aryl methyl sites for hydroxylation is 2. The molecular weight excluding hydrogens is 476 g/mol. The van der Waals surface area contributed by atoms with Gasteiger partial charge in [-0.05, 0) is 56.0 Å². The number of hydrogen-bond donors (Lipinski definition) is 1. The van der Waals surface area contributed by atoms with Crippen LogP contribution in [0.4, 0.5) is 11.5 Å². The van der Waals surface area contributed by atoms with E-state index in [2.05, 4.69) is 31.0 Å². The maximum Gasteiger partial charge on any atom is 0.256 e. The third-order valence-electron chi connectivity index (χ3n) is 6.95. The summed E-state index contributed by atoms with van der Waals surface area (Å²) >= 11 is 0. The Morgan fingerprint density at radius 3 is 2.45 bits per heavy atom. The molecule has 6 rings (SSSR count). The molecule has 1 N–H and O–H groups in total. The minimum atomic E-state index is 0.121. The predicted molar refractivity (Wildman–Crippen MR) is 143 cm³/mol. The van der Waals surface area contributed by atoms with Gasteiger partial charge in [0, 0.05) is 48.7 Å². The molecule has 186 valence electrons. The van der Waals surface area contributed by atoms with Gasteiger partial charge in [0.1, 0.15) is 23.7 Å². The molecule has 0 unspecified atom stereocenters. The maximum atomic E-state index is 10.2. The molecule has 2 aromatic carbocycles. The van der Waals surface area contributed by atoms with Crippen molar-refractivity contribution < 1.29 is 4.74 Å². The minimum Gasteiger partial charge on any atom is -0.436 e. The van der Waals surface area contributed by atoms with Crippen LogP contribution in [-0.2, 0) is 7.05 Å². The molecule has 5 aromatic rings. The number of benzene rings is 2. The molecule has 1 fully saturated rings. The number of nitrogens with zero attached hydrogens (tertiary/aromatic N) is 7. The summed E-state index contributed by atoms with van der Waals surface area (Å²) in [6.07, 6.45) is 6.20. The second-order valence-corrected chi connectivity index (χ2v) is 9.39. The second-order valence-electron chi connectivity index (χ2n) is 9.39. The van der Waals surface area contributed by atoms with Crippen molar-refractivity contribution in [3.05, 3.63) is 77.9 Å². The normalized spacial score (nSPS) is 13.1. The first kappa shape index (κ1) is 23.3. The van der Waals surface area contributed by atoms with Gasteiger partial charge in [-0.1, -0.05) is 12.1 Å². The maximum absolute atomic E-state index is 10.2. The second kappa shape index (κ2) is 9.38. The fourth-order valence-corrected chi connectivity index (χ4v) is 4.95. The van der Waals surface area contributed by atoms with Crippen molar-refractivity contribution in [2.75, 3.05) is 5.32 Å². The molecule has 3 heterocycles. The lowest BCUT2D eigenvalue weighted by Crippen LogP contribution is -2.17. The molecule has 1 aliphatic carbocycles. The van der Waals surface area contributed by atoms with E-state index in [1.807, 2.05) is 67.2 Å². The molecule has 9 nitrogen and oxygen atoms in total. The summed E-state index contributed by atoms with van der Waals surface area (Å²) in [5, 5.41) is 28.3. The highest BCUT2D eigenvalue weighted by atomic mass is 16.5. The van der Waals surface area contributed by atoms with Gasteiger partial charge in [0.2, 0.25) is 5.69 Å². The summed E-state index contributed by atoms with van der Waals surface area (Å²) < 4.78 is 10.0. The molecule has 0 saturated heterocycles. The summed E-state index contributed by atoms with van der Waals surface area (Å²) in [6.45, 7) is 1.96. The Morgan fingerprint density at radius 2 is 1.79 bits per heavy atom. The summed E-state index contributed by atoms with van der Waals surface area (Å²) in [7, 11) is 1.91. The zero-order chi connectivity index (χ0) is 26.2. The van der Waals surface area contributed by atoms with Crippen molar-refractivity contribution in [2.24, 2.45) is 7.05 Å². The number of nitriles is 2. The number of anilines is 2. The van der Waals surface area contributed by atoms with Crippen molar-refractivity contribution in [1.82, 2.24) is 24.3 Å². The lowest BCUT2D eigenvalue weighted by atomic mass is 9.92. The average Bonchev–Trinajstić information content (AvgIpc) is 3.38. The number of aromatic nitrogens is 5. The molecule has 0 spiro atoms. The first-order valence-electron chi connectivity index (χ1n) is 12.4. The fourth-order valence-electron chi connectivity index (χ4n) is 4.95. The van der Waals surface area contributed by atoms with Gasteiger partial charge < -0.3 is 14.6 Å². The van der Waals surface area contributed by atoms with Gasteiger partial charge in [-0.25, -0.2) is 9.97 Å². The van der Waals surface area contributed by atoms with Crippen molar-refractivity contribution in [2.45, 2.75) is 32.2 Å². The van der Waals surface area contributed by atoms with E-state index >= 15 is 0 Å². The topological polar surface area (TPSA) is 117 Å². The Bertz CT molecular complexity index is 1750. The SMILES string of the molecule is Cc1cc(Nc2ccc(-c3c(C#N)c4ccc(Oc5nccnc5C#N)cc4n3C3CCC3)cc2)n(C)n1. The third-order valence-corrected chi connectivity index (χ3v) is 6.95. The van der Waals surface area contributed by atoms with Crippen molar-refractivity contribution >= 4 is 22.4 Å². The lowest BCUT2D eigenvalue weighted by molar-refractivity contribution is 0.324. The van der Waals surface area contributed by atoms with E-state index in [0.717, 1.165) is 58.6 Å². The zero-order valence-electron chi connectivity index (χ0n) is 21.0. The van der Waals surface area contributed by atoms with Gasteiger partial charge in [-0.2, -0.15) is 15.6 Å². The number of ether oxygens (including phenoxy) is 1. The van der Waals surface area contributed by atoms with Crippen LogP contribution in [-0.4, -0.2) is 24.3 Å². The van der Waals surface area contributed by atoms with E-state index in [9.17, 15) is 10.5 Å². The van der Waals surface area contributed by atoms with Crippen LogP contribution in [0.5, 0.6) is 11.6 Å². The largest absolute Gasteiger partial charge is 0.436 e. The van der Waals surface area contributed by atoms with Crippen LogP contribution < -0.4 is 10.1 Å². The van der Waals surface area contributed by atoms with Crippen molar-refractivity contribution in [3.8, 4) is 35.0 Å². The molecule has 1 saturated carbocycles. The fraction of sp³-hybridized carbons (Fsp3) is 0.207. The Kier molecular flexibility index (Phi) is 5.74. The Balaban J connectivity index is 1.42. The van der Waals surface area contributed by atoms with E-state index in [-0.39, 0.29) is 11.6 Å². The van der Waals surface area contributed by atoms with E-state index < -0.39 is 0 Å². The summed E-state index contributed by atoms with van der Waals surface area (Å²) in [6, 6.07) is 20.5. The highest BCUT2D eigenvalue weighted by Crippen LogP contribution is 2.43. The Morgan fingerprint density at radius 1 is 1.00 bits per heavy atom. The van der Waals surface area contributed by atoms with Crippen LogP contribution >= 0.6 is 0 Å². The highest BCUT2D eigenvalue weighted by molar-refractivity contribution is 5.95. The van der Waals surface area contributed by atoms with Crippen LogP contribution in [0.2, 0.25) is 0 Å². The number of nitrogens with one attached hydrogen (secondary N) is 1. The monoisotopic (exact) mass is 500 g/mol. The first-order valence-corrected chi connectivity index (χ1v) is 12.4. The predicted octanol–water partition coefficient (Wildman–Crippen LogP) is 6.14. The first-order chi connectivity index (χ1) is 18.6. The van der Waals surface area contributed by atoms with E-state index in [1.165, 1.54) is 12.4 Å². The van der Waals surface area contributed by atoms with Gasteiger partial charge in [0.15, 0.2) is 0 Å². The van der Waals surface area contributed by atoms with Crippen LogP contribution in [0.3, 0.4) is 0 Å². The van der Waals surface area contributed by atoms with E-state index in [0.29, 0.717) is 17.4 Å². The van der Waals surface area contributed by atoms with Gasteiger partial charge in [0.25, 0.3) is 5.88 Å². The molecule has 9 heteroatoms. The van der Waals surface area contributed by atoms with Gasteiger partial charge in [0.05, 0.1) is 22.5 Å². The van der Waals surface area contributed by atoms with Crippen molar-refractivity contribution in [1.29, 1.82) is 10.5 Å². The smallest absolute Gasteiger partial charge is 0.256 e. The molecule has 0 aliphatic heterocycles. The third kappa shape index (κ3) is 4.00. The van der Waals surface area contributed by atoms with Crippen molar-refractivity contribution in [3.63, 3.8) is 0 Å². The van der Waals surface area contributed by atoms with E-state index in [1.54, 1.807) is 6.07 Å². The number of rotatable bonds is 6. The molecule has 1 aliphatic rings. The highest BCUT2D eigenvalue weighted by Gasteiger charge is 2.28. The molecule has 0 radical (unpaired) electrons. The van der Waals surface area contributed by atoms with Gasteiger partial charge in [-0.15, -0.1) is 0 Å². The van der Waals surface area contributed by atoms with Gasteiger partial charge in [-0.3, -0.25) is 4.68 Å². The summed E-state index contributed by atoms with van der Waals surface area (Å²) in [5.41, 5.74) is 5.45. The van der Waals surface area contributed by atoms with Crippen LogP contribution in [0.15, 0.2) is 60.9 Å². The molecule has 3 aromatic heterocycles. The van der Waals surface area contributed by atoms with E-state index in [4.69, 9.17) is 4.74 Å². The Labute approximate surface area is 219 Å². The van der Waals surface area contributed by atoms with Crippen LogP contribution in [0, 0.1) is 29.6 Å². The zero-order valence-corrected chi connectivity index (χ0v) is 21.0. The molecule has 0 bridgehead atoms. The summed E-state index contributed by atoms with van der Waals surface area (Å²) in [5.74, 6) is 1.60. The minimum absolute atomic E-state index is 0.121. The molecule has 38 heavy (non-hydrogen) atoms. The van der Waals surface area contributed by atoms with Crippen LogP contribution in [0.1, 0.15) is 42.3 Å². The summed E-state index contributed by atoms with van der Waals surface area (Å²) in [4.78, 5) is 8.19. The Hall–Kier alpha value is -5.15. The number of fused-ring (bicyclic) bond motifs is 1. The number of hydrogen-bond acceptors (Lipinski definition) is 7. The molecule has 0 atom stereocenters. The quantitative estimate of drug-likeness (QED) is 0.297. The molecule has 0 amide bonds. The van der Waals surface area contributed by atoms with Crippen LogP contribution in [0.25, 0.3) is 22.2 Å². The lowest BCUT2D eigenvalue weighted by Gasteiger charge is -2.30. The average molecular weight is 501 g/mol.